The number of ether oxygens (including phenoxy) is 3. The highest BCUT2D eigenvalue weighted by Gasteiger charge is 2.04. The Morgan fingerprint density at radius 2 is 1.83 bits per heavy atom. The van der Waals surface area contributed by atoms with Crippen molar-refractivity contribution in [3.63, 3.8) is 0 Å². The van der Waals surface area contributed by atoms with Crippen molar-refractivity contribution in [2.24, 2.45) is 0 Å². The largest absolute Gasteiger partial charge is 0.489 e. The van der Waals surface area contributed by atoms with Crippen LogP contribution in [0.15, 0.2) is 59.6 Å². The molecule has 0 amide bonds. The molecular formula is C18H18BrNO4. The smallest absolute Gasteiger partial charge is 0.344 e. The molecule has 0 saturated carbocycles. The second-order valence-electron chi connectivity index (χ2n) is 4.88. The van der Waals surface area contributed by atoms with Crippen molar-refractivity contribution in [1.29, 1.82) is 0 Å². The van der Waals surface area contributed by atoms with Crippen LogP contribution in [0.1, 0.15) is 5.56 Å². The molecule has 2 rings (SSSR count). The van der Waals surface area contributed by atoms with Crippen LogP contribution in [0.3, 0.4) is 0 Å². The highest BCUT2D eigenvalue weighted by molar-refractivity contribution is 9.10. The summed E-state index contributed by atoms with van der Waals surface area (Å²) in [5, 5.41) is 0. The first kappa shape index (κ1) is 17.9. The van der Waals surface area contributed by atoms with Crippen LogP contribution >= 0.6 is 15.9 Å². The van der Waals surface area contributed by atoms with E-state index in [2.05, 4.69) is 22.5 Å². The van der Waals surface area contributed by atoms with Gasteiger partial charge in [0.2, 0.25) is 0 Å². The number of benzene rings is 2. The number of carbonyl (C=O) groups is 1. The Hall–Kier alpha value is -2.47. The Morgan fingerprint density at radius 1 is 1.12 bits per heavy atom. The molecule has 2 aromatic rings. The minimum atomic E-state index is -0.435. The Morgan fingerprint density at radius 3 is 2.50 bits per heavy atom. The fourth-order valence-corrected chi connectivity index (χ4v) is 2.04. The zero-order chi connectivity index (χ0) is 17.4. The van der Waals surface area contributed by atoms with Crippen molar-refractivity contribution >= 4 is 27.6 Å². The summed E-state index contributed by atoms with van der Waals surface area (Å²) >= 11 is 3.34. The van der Waals surface area contributed by atoms with Crippen LogP contribution in [0.5, 0.6) is 11.5 Å². The molecule has 6 heteroatoms. The van der Waals surface area contributed by atoms with Gasteiger partial charge in [0.1, 0.15) is 24.7 Å². The molecule has 0 atom stereocenters. The molecule has 0 unspecified atom stereocenters. The summed E-state index contributed by atoms with van der Waals surface area (Å²) in [5.74, 6) is 0.846. The van der Waals surface area contributed by atoms with Crippen LogP contribution in [0, 0.1) is 0 Å². The molecule has 0 saturated heterocycles. The second-order valence-corrected chi connectivity index (χ2v) is 5.73. The average molecular weight is 392 g/mol. The Kier molecular flexibility index (Phi) is 6.69. The Bertz CT molecular complexity index is 701. The van der Waals surface area contributed by atoms with E-state index >= 15 is 0 Å². The van der Waals surface area contributed by atoms with Crippen molar-refractivity contribution in [3.05, 3.63) is 65.2 Å². The van der Waals surface area contributed by atoms with E-state index in [1.54, 1.807) is 18.2 Å². The van der Waals surface area contributed by atoms with Gasteiger partial charge in [0.15, 0.2) is 6.61 Å². The lowest BCUT2D eigenvalue weighted by Crippen LogP contribution is -2.14. The minimum absolute atomic E-state index is 0.137. The highest BCUT2D eigenvalue weighted by atomic mass is 79.9. The maximum absolute atomic E-state index is 11.3. The summed E-state index contributed by atoms with van der Waals surface area (Å²) in [4.78, 5) is 11.3. The van der Waals surface area contributed by atoms with Gasteiger partial charge in [-0.25, -0.2) is 4.79 Å². The maximum Gasteiger partial charge on any atom is 0.344 e. The van der Waals surface area contributed by atoms with E-state index in [1.807, 2.05) is 24.3 Å². The van der Waals surface area contributed by atoms with Crippen molar-refractivity contribution in [1.82, 2.24) is 0 Å². The normalized spacial score (nSPS) is 10.0. The van der Waals surface area contributed by atoms with Crippen molar-refractivity contribution in [3.8, 4) is 11.5 Å². The summed E-state index contributed by atoms with van der Waals surface area (Å²) in [5.41, 5.74) is 7.41. The summed E-state index contributed by atoms with van der Waals surface area (Å²) in [6.07, 6.45) is 1.51. The number of carbonyl (C=O) groups excluding carboxylic acids is 1. The van der Waals surface area contributed by atoms with E-state index in [1.165, 1.54) is 6.08 Å². The molecule has 0 aliphatic rings. The van der Waals surface area contributed by atoms with Gasteiger partial charge in [-0.1, -0.05) is 24.8 Å². The van der Waals surface area contributed by atoms with Crippen LogP contribution in [-0.4, -0.2) is 19.2 Å². The fourth-order valence-electron chi connectivity index (χ4n) is 1.80. The fraction of sp³-hybridized carbons (Fsp3) is 0.167. The standard InChI is InChI=1S/C18H18BrNO4/c1-2-9-22-18(21)12-24-14-5-3-13(4-6-14)11-23-15-7-8-16(19)17(20)10-15/h2-8,10H,1,9,11-12,20H2. The van der Waals surface area contributed by atoms with Gasteiger partial charge in [0.05, 0.1) is 0 Å². The minimum Gasteiger partial charge on any atom is -0.489 e. The summed E-state index contributed by atoms with van der Waals surface area (Å²) in [7, 11) is 0. The topological polar surface area (TPSA) is 70.8 Å². The molecule has 0 aliphatic heterocycles. The molecule has 2 aromatic carbocycles. The van der Waals surface area contributed by atoms with E-state index in [0.29, 0.717) is 23.8 Å². The molecule has 126 valence electrons. The Labute approximate surface area is 149 Å². The maximum atomic E-state index is 11.3. The van der Waals surface area contributed by atoms with Gasteiger partial charge in [0.25, 0.3) is 0 Å². The van der Waals surface area contributed by atoms with Crippen molar-refractivity contribution in [2.75, 3.05) is 18.9 Å². The molecular weight excluding hydrogens is 374 g/mol. The first-order chi connectivity index (χ1) is 11.6. The molecule has 0 aromatic heterocycles. The average Bonchev–Trinajstić information content (AvgIpc) is 2.60. The number of hydrogen-bond acceptors (Lipinski definition) is 5. The number of esters is 1. The quantitative estimate of drug-likeness (QED) is 0.421. The molecule has 0 heterocycles. The molecule has 5 nitrogen and oxygen atoms in total. The first-order valence-corrected chi connectivity index (χ1v) is 8.04. The van der Waals surface area contributed by atoms with Crippen LogP contribution in [0.4, 0.5) is 5.69 Å². The zero-order valence-corrected chi connectivity index (χ0v) is 14.6. The van der Waals surface area contributed by atoms with E-state index in [4.69, 9.17) is 19.9 Å². The predicted molar refractivity (Wildman–Crippen MR) is 96.0 cm³/mol. The van der Waals surface area contributed by atoms with E-state index in [-0.39, 0.29) is 13.2 Å². The summed E-state index contributed by atoms with van der Waals surface area (Å²) in [6, 6.07) is 12.7. The molecule has 0 aliphatic carbocycles. The van der Waals surface area contributed by atoms with E-state index in [9.17, 15) is 4.79 Å². The van der Waals surface area contributed by atoms with Gasteiger partial charge in [-0.15, -0.1) is 0 Å². The molecule has 24 heavy (non-hydrogen) atoms. The Balaban J connectivity index is 1.82. The molecule has 0 spiro atoms. The van der Waals surface area contributed by atoms with Gasteiger partial charge in [0, 0.05) is 16.2 Å². The number of hydrogen-bond donors (Lipinski definition) is 1. The number of nitrogen functional groups attached to an aromatic ring is 1. The van der Waals surface area contributed by atoms with Crippen LogP contribution < -0.4 is 15.2 Å². The number of anilines is 1. The van der Waals surface area contributed by atoms with Gasteiger partial charge in [-0.2, -0.15) is 0 Å². The zero-order valence-electron chi connectivity index (χ0n) is 13.0. The second kappa shape index (κ2) is 8.98. The SMILES string of the molecule is C=CCOC(=O)COc1ccc(COc2ccc(Br)c(N)c2)cc1. The molecule has 2 N–H and O–H groups in total. The summed E-state index contributed by atoms with van der Waals surface area (Å²) < 4.78 is 16.7. The van der Waals surface area contributed by atoms with Gasteiger partial charge < -0.3 is 19.9 Å². The number of nitrogens with two attached hydrogens (primary N) is 1. The number of rotatable bonds is 8. The van der Waals surface area contributed by atoms with E-state index < -0.39 is 5.97 Å². The number of halogens is 1. The van der Waals surface area contributed by atoms with Crippen molar-refractivity contribution in [2.45, 2.75) is 6.61 Å². The summed E-state index contributed by atoms with van der Waals surface area (Å²) in [6.45, 7) is 3.92. The third-order valence-corrected chi connectivity index (χ3v) is 3.74. The van der Waals surface area contributed by atoms with Crippen LogP contribution in [-0.2, 0) is 16.1 Å². The van der Waals surface area contributed by atoms with Gasteiger partial charge >= 0.3 is 5.97 Å². The monoisotopic (exact) mass is 391 g/mol. The lowest BCUT2D eigenvalue weighted by atomic mass is 10.2. The highest BCUT2D eigenvalue weighted by Crippen LogP contribution is 2.25. The third-order valence-electron chi connectivity index (χ3n) is 3.02. The first-order valence-electron chi connectivity index (χ1n) is 7.24. The molecule has 0 radical (unpaired) electrons. The predicted octanol–water partition coefficient (Wildman–Crippen LogP) is 3.72. The van der Waals surface area contributed by atoms with Gasteiger partial charge in [-0.05, 0) is 45.8 Å². The van der Waals surface area contributed by atoms with Crippen molar-refractivity contribution < 1.29 is 19.0 Å². The van der Waals surface area contributed by atoms with Crippen LogP contribution in [0.25, 0.3) is 0 Å². The lowest BCUT2D eigenvalue weighted by Gasteiger charge is -2.09. The third kappa shape index (κ3) is 5.62. The van der Waals surface area contributed by atoms with Crippen LogP contribution in [0.2, 0.25) is 0 Å². The lowest BCUT2D eigenvalue weighted by molar-refractivity contribution is -0.144. The molecule has 0 fully saturated rings. The van der Waals surface area contributed by atoms with Gasteiger partial charge in [-0.3, -0.25) is 0 Å². The molecule has 0 bridgehead atoms. The van der Waals surface area contributed by atoms with E-state index in [0.717, 1.165) is 10.0 Å².